The van der Waals surface area contributed by atoms with Crippen molar-refractivity contribution in [1.82, 2.24) is 0 Å². The molecular weight excluding hydrogens is 232 g/mol. The maximum atomic E-state index is 12.0. The molecule has 0 amide bonds. The molecule has 2 aliphatic carbocycles. The van der Waals surface area contributed by atoms with Crippen LogP contribution in [0.4, 0.5) is 0 Å². The fraction of sp³-hybridized carbons (Fsp3) is 0.571. The monoisotopic (exact) mass is 248 g/mol. The molecule has 0 radical (unpaired) electrons. The van der Waals surface area contributed by atoms with Crippen molar-refractivity contribution in [3.05, 3.63) is 22.6 Å². The minimum absolute atomic E-state index is 0.0000463. The summed E-state index contributed by atoms with van der Waals surface area (Å²) in [6.07, 6.45) is 6.19. The number of furan rings is 1. The molecule has 1 N–H and O–H groups in total. The first-order chi connectivity index (χ1) is 8.68. The summed E-state index contributed by atoms with van der Waals surface area (Å²) in [5, 5.41) is 9.18. The highest BCUT2D eigenvalue weighted by Crippen LogP contribution is 2.41. The van der Waals surface area contributed by atoms with Crippen molar-refractivity contribution in [2.45, 2.75) is 50.9 Å². The Kier molecular flexibility index (Phi) is 2.73. The maximum absolute atomic E-state index is 12.0. The molecule has 4 heteroatoms. The summed E-state index contributed by atoms with van der Waals surface area (Å²) < 4.78 is 5.56. The number of carboxylic acid groups (broad SMARTS) is 1. The molecule has 1 saturated carbocycles. The Bertz CT molecular complexity index is 506. The quantitative estimate of drug-likeness (QED) is 0.872. The number of fused-ring (bicyclic) bond motifs is 1. The van der Waals surface area contributed by atoms with Crippen molar-refractivity contribution in [2.75, 3.05) is 0 Å². The van der Waals surface area contributed by atoms with Crippen LogP contribution in [0.2, 0.25) is 0 Å². The van der Waals surface area contributed by atoms with Gasteiger partial charge in [-0.15, -0.1) is 0 Å². The lowest BCUT2D eigenvalue weighted by atomic mass is 9.87. The molecule has 0 aromatic carbocycles. The van der Waals surface area contributed by atoms with E-state index in [4.69, 9.17) is 4.42 Å². The molecular formula is C14H16O4. The summed E-state index contributed by atoms with van der Waals surface area (Å²) in [7, 11) is 0. The molecule has 0 saturated heterocycles. The lowest BCUT2D eigenvalue weighted by Gasteiger charge is -2.13. The van der Waals surface area contributed by atoms with Crippen LogP contribution in [0.1, 0.15) is 76.7 Å². The predicted molar refractivity (Wildman–Crippen MR) is 64.1 cm³/mol. The van der Waals surface area contributed by atoms with Crippen LogP contribution >= 0.6 is 0 Å². The number of carbonyl (C=O) groups is 2. The van der Waals surface area contributed by atoms with Gasteiger partial charge in [-0.3, -0.25) is 4.79 Å². The smallest absolute Gasteiger partial charge is 0.372 e. The molecule has 1 heterocycles. The van der Waals surface area contributed by atoms with E-state index in [0.29, 0.717) is 29.7 Å². The summed E-state index contributed by atoms with van der Waals surface area (Å²) in [5.41, 5.74) is 1.24. The Balaban J connectivity index is 2.13. The molecule has 0 atom stereocenters. The zero-order valence-corrected chi connectivity index (χ0v) is 10.2. The van der Waals surface area contributed by atoms with Gasteiger partial charge in [-0.2, -0.15) is 0 Å². The molecule has 18 heavy (non-hydrogen) atoms. The van der Waals surface area contributed by atoms with Crippen molar-refractivity contribution < 1.29 is 19.1 Å². The van der Waals surface area contributed by atoms with Gasteiger partial charge in [0.25, 0.3) is 0 Å². The molecule has 0 bridgehead atoms. The van der Waals surface area contributed by atoms with E-state index in [0.717, 1.165) is 32.1 Å². The molecule has 96 valence electrons. The molecule has 1 aromatic heterocycles. The fourth-order valence-corrected chi connectivity index (χ4v) is 3.23. The molecule has 1 aromatic rings. The lowest BCUT2D eigenvalue weighted by molar-refractivity contribution is 0.0658. The Morgan fingerprint density at radius 1 is 1.17 bits per heavy atom. The summed E-state index contributed by atoms with van der Waals surface area (Å²) in [6.45, 7) is 0. The van der Waals surface area contributed by atoms with Crippen LogP contribution in [0.5, 0.6) is 0 Å². The largest absolute Gasteiger partial charge is 0.475 e. The minimum Gasteiger partial charge on any atom is -0.475 e. The second-order valence-electron chi connectivity index (χ2n) is 5.21. The van der Waals surface area contributed by atoms with Crippen LogP contribution in [0, 0.1) is 0 Å². The van der Waals surface area contributed by atoms with Gasteiger partial charge in [0, 0.05) is 17.9 Å². The van der Waals surface area contributed by atoms with Gasteiger partial charge < -0.3 is 9.52 Å². The van der Waals surface area contributed by atoms with E-state index in [1.54, 1.807) is 0 Å². The topological polar surface area (TPSA) is 67.5 Å². The van der Waals surface area contributed by atoms with Gasteiger partial charge in [-0.1, -0.05) is 12.8 Å². The van der Waals surface area contributed by atoms with Crippen molar-refractivity contribution >= 4 is 11.8 Å². The maximum Gasteiger partial charge on any atom is 0.372 e. The number of carbonyl (C=O) groups excluding carboxylic acids is 1. The molecule has 3 rings (SSSR count). The second-order valence-corrected chi connectivity index (χ2v) is 5.21. The van der Waals surface area contributed by atoms with E-state index in [1.807, 2.05) is 0 Å². The number of ketones is 1. The van der Waals surface area contributed by atoms with Crippen molar-refractivity contribution in [3.63, 3.8) is 0 Å². The Hall–Kier alpha value is -1.58. The van der Waals surface area contributed by atoms with Gasteiger partial charge in [-0.25, -0.2) is 4.79 Å². The fourth-order valence-electron chi connectivity index (χ4n) is 3.23. The zero-order valence-electron chi connectivity index (χ0n) is 10.2. The lowest BCUT2D eigenvalue weighted by Crippen LogP contribution is -2.13. The average molecular weight is 248 g/mol. The van der Waals surface area contributed by atoms with Crippen LogP contribution in [0.15, 0.2) is 4.42 Å². The standard InChI is InChI=1S/C14H16O4/c15-10-7-3-6-9-11(10)12(8-4-1-2-5-8)18-13(9)14(16)17/h8H,1-7H2,(H,16,17). The van der Waals surface area contributed by atoms with Crippen LogP contribution in [0.3, 0.4) is 0 Å². The molecule has 1 fully saturated rings. The van der Waals surface area contributed by atoms with E-state index in [9.17, 15) is 14.7 Å². The van der Waals surface area contributed by atoms with Crippen molar-refractivity contribution in [3.8, 4) is 0 Å². The number of hydrogen-bond acceptors (Lipinski definition) is 3. The highest BCUT2D eigenvalue weighted by atomic mass is 16.4. The molecule has 4 nitrogen and oxygen atoms in total. The molecule has 0 aliphatic heterocycles. The first-order valence-corrected chi connectivity index (χ1v) is 6.60. The van der Waals surface area contributed by atoms with E-state index < -0.39 is 5.97 Å². The highest BCUT2D eigenvalue weighted by molar-refractivity contribution is 6.02. The predicted octanol–water partition coefficient (Wildman–Crippen LogP) is 3.15. The van der Waals surface area contributed by atoms with Crippen LogP contribution in [-0.4, -0.2) is 16.9 Å². The van der Waals surface area contributed by atoms with Gasteiger partial charge in [0.05, 0.1) is 5.56 Å². The third-order valence-corrected chi connectivity index (χ3v) is 4.06. The van der Waals surface area contributed by atoms with Crippen molar-refractivity contribution in [2.24, 2.45) is 0 Å². The molecule has 0 spiro atoms. The summed E-state index contributed by atoms with van der Waals surface area (Å²) >= 11 is 0. The Morgan fingerprint density at radius 2 is 1.89 bits per heavy atom. The number of rotatable bonds is 2. The molecule has 2 aliphatic rings. The van der Waals surface area contributed by atoms with Crippen LogP contribution in [0.25, 0.3) is 0 Å². The Morgan fingerprint density at radius 3 is 2.56 bits per heavy atom. The Labute approximate surface area is 105 Å². The number of aromatic carboxylic acids is 1. The first kappa shape index (κ1) is 11.5. The van der Waals surface area contributed by atoms with Gasteiger partial charge in [0.2, 0.25) is 5.76 Å². The third-order valence-electron chi connectivity index (χ3n) is 4.06. The van der Waals surface area contributed by atoms with Gasteiger partial charge in [0.1, 0.15) is 5.76 Å². The van der Waals surface area contributed by atoms with Crippen LogP contribution < -0.4 is 0 Å². The normalized spacial score (nSPS) is 20.1. The summed E-state index contributed by atoms with van der Waals surface area (Å²) in [4.78, 5) is 23.2. The second kappa shape index (κ2) is 4.26. The van der Waals surface area contributed by atoms with Crippen LogP contribution in [-0.2, 0) is 6.42 Å². The summed E-state index contributed by atoms with van der Waals surface area (Å²) in [5.74, 6) is -0.0851. The van der Waals surface area contributed by atoms with E-state index >= 15 is 0 Å². The van der Waals surface area contributed by atoms with Gasteiger partial charge in [-0.05, 0) is 25.7 Å². The zero-order chi connectivity index (χ0) is 12.7. The van der Waals surface area contributed by atoms with Gasteiger partial charge >= 0.3 is 5.97 Å². The van der Waals surface area contributed by atoms with Crippen molar-refractivity contribution in [1.29, 1.82) is 0 Å². The van der Waals surface area contributed by atoms with E-state index in [-0.39, 0.29) is 17.5 Å². The molecule has 0 unspecified atom stereocenters. The third kappa shape index (κ3) is 1.67. The minimum atomic E-state index is -1.05. The van der Waals surface area contributed by atoms with Gasteiger partial charge in [0.15, 0.2) is 5.78 Å². The van der Waals surface area contributed by atoms with E-state index in [1.165, 1.54) is 0 Å². The average Bonchev–Trinajstić information content (AvgIpc) is 2.95. The summed E-state index contributed by atoms with van der Waals surface area (Å²) in [6, 6.07) is 0. The first-order valence-electron chi connectivity index (χ1n) is 6.60. The highest BCUT2D eigenvalue weighted by Gasteiger charge is 2.35. The SMILES string of the molecule is O=C(O)c1oc(C2CCCC2)c2c1CCCC2=O. The van der Waals surface area contributed by atoms with E-state index in [2.05, 4.69) is 0 Å². The number of hydrogen-bond donors (Lipinski definition) is 1. The number of carboxylic acids is 1. The number of Topliss-reactive ketones (excluding diaryl/α,β-unsaturated/α-hetero) is 1.